The molecule has 0 amide bonds. The lowest BCUT2D eigenvalue weighted by Crippen LogP contribution is -2.40. The van der Waals surface area contributed by atoms with Crippen molar-refractivity contribution in [3.05, 3.63) is 71.1 Å². The van der Waals surface area contributed by atoms with Gasteiger partial charge < -0.3 is 9.67 Å². The number of hydrogen-bond acceptors (Lipinski definition) is 3. The first-order valence-electron chi connectivity index (χ1n) is 8.45. The monoisotopic (exact) mass is 405 g/mol. The molecule has 0 radical (unpaired) electrons. The van der Waals surface area contributed by atoms with E-state index >= 15 is 0 Å². The summed E-state index contributed by atoms with van der Waals surface area (Å²) in [5.74, 6) is -1.18. The van der Waals surface area contributed by atoms with Gasteiger partial charge in [0.15, 0.2) is 11.5 Å². The van der Waals surface area contributed by atoms with Crippen molar-refractivity contribution in [2.75, 3.05) is 0 Å². The number of ketones is 1. The highest BCUT2D eigenvalue weighted by atomic mass is 19.4. The zero-order chi connectivity index (χ0) is 21.4. The minimum atomic E-state index is -4.73. The average molecular weight is 405 g/mol. The largest absolute Gasteiger partial charge is 0.407 e. The van der Waals surface area contributed by atoms with E-state index in [1.807, 2.05) is 0 Å². The second-order valence-electron chi connectivity index (χ2n) is 6.84. The maximum absolute atomic E-state index is 13.3. The summed E-state index contributed by atoms with van der Waals surface area (Å²) in [6, 6.07) is 6.89. The van der Waals surface area contributed by atoms with Gasteiger partial charge in [0.2, 0.25) is 0 Å². The van der Waals surface area contributed by atoms with Gasteiger partial charge in [-0.05, 0) is 24.6 Å². The Morgan fingerprint density at radius 1 is 1.24 bits per heavy atom. The molecule has 0 fully saturated rings. The van der Waals surface area contributed by atoms with E-state index in [1.54, 1.807) is 0 Å². The van der Waals surface area contributed by atoms with Crippen molar-refractivity contribution in [1.29, 1.82) is 0 Å². The molecule has 9 heteroatoms. The smallest absolute Gasteiger partial charge is 0.380 e. The predicted octanol–water partition coefficient (Wildman–Crippen LogP) is 4.31. The Balaban J connectivity index is 1.83. The van der Waals surface area contributed by atoms with Crippen molar-refractivity contribution in [3.63, 3.8) is 0 Å². The highest BCUT2D eigenvalue weighted by Gasteiger charge is 2.35. The number of carbonyl (C=O) groups is 1. The maximum atomic E-state index is 13.3. The molecule has 0 aliphatic heterocycles. The van der Waals surface area contributed by atoms with Crippen molar-refractivity contribution in [1.82, 2.24) is 9.55 Å². The van der Waals surface area contributed by atoms with Crippen LogP contribution in [0.5, 0.6) is 0 Å². The lowest BCUT2D eigenvalue weighted by molar-refractivity contribution is -0.138. The maximum Gasteiger partial charge on any atom is 0.407 e. The molecule has 0 bridgehead atoms. The molecule has 1 N–H and O–H groups in total. The molecule has 150 valence electrons. The van der Waals surface area contributed by atoms with Crippen molar-refractivity contribution in [2.24, 2.45) is 0 Å². The molecule has 3 rings (SSSR count). The molecule has 0 saturated heterocycles. The summed E-state index contributed by atoms with van der Waals surface area (Å²) in [6.07, 6.45) is -3.83. The number of aromatic nitrogens is 2. The van der Waals surface area contributed by atoms with Gasteiger partial charge in [-0.25, -0.2) is 14.2 Å². The minimum Gasteiger partial charge on any atom is -0.380 e. The molecule has 5 nitrogen and oxygen atoms in total. The fourth-order valence-electron chi connectivity index (χ4n) is 2.98. The lowest BCUT2D eigenvalue weighted by atomic mass is 9.94. The van der Waals surface area contributed by atoms with Gasteiger partial charge >= 0.3 is 6.18 Å². The highest BCUT2D eigenvalue weighted by Crippen LogP contribution is 2.37. The summed E-state index contributed by atoms with van der Waals surface area (Å²) in [4.78, 5) is 19.4. The fraction of sp³-hybridized carbons (Fsp3) is 0.250. The van der Waals surface area contributed by atoms with E-state index in [2.05, 4.69) is 9.83 Å². The standard InChI is InChI=1S/C20H15F4N3O2/c1-19(29,10-27-11-26-16-9-13(21)4-6-17(16)27)18(28)8-12-3-5-15(25-2)14(7-12)20(22,23)24/h3-7,9,11,29H,8,10H2,1H3/t19-/m0/s1. The van der Waals surface area contributed by atoms with Crippen LogP contribution < -0.4 is 0 Å². The molecule has 1 heterocycles. The van der Waals surface area contributed by atoms with Gasteiger partial charge in [0, 0.05) is 12.5 Å². The van der Waals surface area contributed by atoms with Crippen LogP contribution in [0, 0.1) is 12.4 Å². The normalized spacial score (nSPS) is 13.8. The van der Waals surface area contributed by atoms with Gasteiger partial charge in [-0.3, -0.25) is 4.79 Å². The summed E-state index contributed by atoms with van der Waals surface area (Å²) in [7, 11) is 0. The Labute approximate surface area is 163 Å². The van der Waals surface area contributed by atoms with E-state index in [-0.39, 0.29) is 12.1 Å². The highest BCUT2D eigenvalue weighted by molar-refractivity contribution is 5.89. The van der Waals surface area contributed by atoms with E-state index in [1.165, 1.54) is 42.1 Å². The van der Waals surface area contributed by atoms with Crippen LogP contribution in [0.15, 0.2) is 42.7 Å². The van der Waals surface area contributed by atoms with Gasteiger partial charge in [0.25, 0.3) is 0 Å². The van der Waals surface area contributed by atoms with E-state index < -0.39 is 41.0 Å². The van der Waals surface area contributed by atoms with Crippen molar-refractivity contribution in [3.8, 4) is 0 Å². The number of halogens is 4. The van der Waals surface area contributed by atoms with Crippen LogP contribution in [0.1, 0.15) is 18.1 Å². The zero-order valence-electron chi connectivity index (χ0n) is 15.2. The number of nitrogens with zero attached hydrogens (tertiary/aromatic N) is 3. The number of aliphatic hydroxyl groups is 1. The predicted molar refractivity (Wildman–Crippen MR) is 96.7 cm³/mol. The number of Topliss-reactive ketones (excluding diaryl/α,β-unsaturated/α-hetero) is 1. The number of alkyl halides is 3. The molecule has 1 aromatic heterocycles. The third kappa shape index (κ3) is 4.27. The average Bonchev–Trinajstić information content (AvgIpc) is 3.02. The van der Waals surface area contributed by atoms with Crippen LogP contribution in [0.3, 0.4) is 0 Å². The molecule has 0 aliphatic carbocycles. The summed E-state index contributed by atoms with van der Waals surface area (Å²) >= 11 is 0. The van der Waals surface area contributed by atoms with Crippen LogP contribution in [0.4, 0.5) is 23.2 Å². The Kier molecular flexibility index (Phi) is 5.15. The molecular formula is C20H15F4N3O2. The quantitative estimate of drug-likeness (QED) is 0.508. The Morgan fingerprint density at radius 3 is 2.62 bits per heavy atom. The Hall–Kier alpha value is -3.25. The van der Waals surface area contributed by atoms with Crippen LogP contribution in [0.25, 0.3) is 15.9 Å². The third-order valence-corrected chi connectivity index (χ3v) is 4.51. The fourth-order valence-corrected chi connectivity index (χ4v) is 2.98. The van der Waals surface area contributed by atoms with Crippen LogP contribution in [-0.4, -0.2) is 26.0 Å². The van der Waals surface area contributed by atoms with Crippen molar-refractivity contribution < 1.29 is 27.5 Å². The Morgan fingerprint density at radius 2 is 1.97 bits per heavy atom. The molecule has 29 heavy (non-hydrogen) atoms. The van der Waals surface area contributed by atoms with Crippen molar-refractivity contribution in [2.45, 2.75) is 31.7 Å². The topological polar surface area (TPSA) is 59.5 Å². The summed E-state index contributed by atoms with van der Waals surface area (Å²) in [5.41, 5.74) is -2.71. The first kappa shape index (κ1) is 20.5. The number of fused-ring (bicyclic) bond motifs is 1. The molecule has 0 unspecified atom stereocenters. The minimum absolute atomic E-state index is 0.0348. The molecule has 0 spiro atoms. The van der Waals surface area contributed by atoms with Crippen LogP contribution in [0.2, 0.25) is 0 Å². The third-order valence-electron chi connectivity index (χ3n) is 4.51. The zero-order valence-corrected chi connectivity index (χ0v) is 15.2. The van der Waals surface area contributed by atoms with Gasteiger partial charge in [-0.1, -0.05) is 18.2 Å². The molecule has 3 aromatic rings. The number of carbonyl (C=O) groups excluding carboxylic acids is 1. The van der Waals surface area contributed by atoms with Gasteiger partial charge in [-0.15, -0.1) is 0 Å². The van der Waals surface area contributed by atoms with E-state index in [9.17, 15) is 27.5 Å². The summed E-state index contributed by atoms with van der Waals surface area (Å²) in [5, 5.41) is 10.6. The second kappa shape index (κ2) is 7.29. The van der Waals surface area contributed by atoms with E-state index in [4.69, 9.17) is 6.57 Å². The van der Waals surface area contributed by atoms with E-state index in [0.29, 0.717) is 11.0 Å². The summed E-state index contributed by atoms with van der Waals surface area (Å²) in [6.45, 7) is 7.90. The molecular weight excluding hydrogens is 390 g/mol. The number of rotatable bonds is 5. The number of benzene rings is 2. The Bertz CT molecular complexity index is 1130. The van der Waals surface area contributed by atoms with E-state index in [0.717, 1.165) is 12.1 Å². The molecule has 2 aromatic carbocycles. The first-order valence-corrected chi connectivity index (χ1v) is 8.45. The van der Waals surface area contributed by atoms with Crippen LogP contribution in [-0.2, 0) is 23.9 Å². The van der Waals surface area contributed by atoms with Gasteiger partial charge in [-0.2, -0.15) is 13.2 Å². The summed E-state index contributed by atoms with van der Waals surface area (Å²) < 4.78 is 54.0. The second-order valence-corrected chi connectivity index (χ2v) is 6.84. The molecule has 1 atom stereocenters. The number of imidazole rings is 1. The lowest BCUT2D eigenvalue weighted by Gasteiger charge is -2.23. The van der Waals surface area contributed by atoms with Gasteiger partial charge in [0.05, 0.1) is 36.0 Å². The molecule has 0 aliphatic rings. The van der Waals surface area contributed by atoms with Gasteiger partial charge in [0.1, 0.15) is 11.4 Å². The van der Waals surface area contributed by atoms with Crippen molar-refractivity contribution >= 4 is 22.5 Å². The molecule has 0 saturated carbocycles. The first-order chi connectivity index (χ1) is 13.5. The SMILES string of the molecule is [C-]#[N+]c1ccc(CC(=O)[C@@](C)(O)Cn2cnc3cc(F)ccc32)cc1C(F)(F)F. The number of hydrogen-bond donors (Lipinski definition) is 1. The van der Waals surface area contributed by atoms with Crippen LogP contribution >= 0.6 is 0 Å².